The van der Waals surface area contributed by atoms with Gasteiger partial charge in [0, 0.05) is 30.8 Å². The number of aromatic amines is 1. The summed E-state index contributed by atoms with van der Waals surface area (Å²) in [5.74, 6) is -1.31. The van der Waals surface area contributed by atoms with Crippen LogP contribution in [-0.2, 0) is 25.6 Å². The number of carbonyl (C=O) groups is 4. The third-order valence-corrected chi connectivity index (χ3v) is 8.51. The molecule has 1 rings (SSSR count). The van der Waals surface area contributed by atoms with Crippen LogP contribution in [0.2, 0.25) is 0 Å². The molecule has 0 saturated carbocycles. The van der Waals surface area contributed by atoms with Crippen LogP contribution in [0.15, 0.2) is 12.5 Å². The van der Waals surface area contributed by atoms with E-state index in [0.717, 1.165) is 19.3 Å². The number of aromatic nitrogens is 2. The summed E-state index contributed by atoms with van der Waals surface area (Å²) < 4.78 is 0. The number of hydrogen-bond acceptors (Lipinski definition) is 5. The number of nitrogens with zero attached hydrogens (tertiary/aromatic N) is 1. The number of amides is 4. The van der Waals surface area contributed by atoms with Gasteiger partial charge in [-0.1, -0.05) is 112 Å². The van der Waals surface area contributed by atoms with Crippen molar-refractivity contribution in [2.24, 2.45) is 11.8 Å². The van der Waals surface area contributed by atoms with Gasteiger partial charge in [-0.25, -0.2) is 4.98 Å². The lowest BCUT2D eigenvalue weighted by molar-refractivity contribution is -0.134. The molecule has 0 aliphatic rings. The zero-order valence-corrected chi connectivity index (χ0v) is 29.3. The Morgan fingerprint density at radius 2 is 1.22 bits per heavy atom. The average molecular weight is 633 g/mol. The number of hydrogen-bond donors (Lipinski definition) is 5. The van der Waals surface area contributed by atoms with Gasteiger partial charge in [-0.05, 0) is 32.1 Å². The van der Waals surface area contributed by atoms with Crippen molar-refractivity contribution in [2.75, 3.05) is 0 Å². The molecule has 0 spiro atoms. The van der Waals surface area contributed by atoms with Gasteiger partial charge < -0.3 is 26.3 Å². The molecule has 1 heterocycles. The van der Waals surface area contributed by atoms with Gasteiger partial charge in [0.1, 0.15) is 18.1 Å². The molecule has 0 aromatic carbocycles. The van der Waals surface area contributed by atoms with E-state index in [4.69, 9.17) is 0 Å². The van der Waals surface area contributed by atoms with Crippen LogP contribution in [0.5, 0.6) is 0 Å². The summed E-state index contributed by atoms with van der Waals surface area (Å²) in [6, 6.07) is -2.59. The summed E-state index contributed by atoms with van der Waals surface area (Å²) in [5, 5.41) is 11.3. The first-order chi connectivity index (χ1) is 21.5. The van der Waals surface area contributed by atoms with Crippen LogP contribution in [0.3, 0.4) is 0 Å². The van der Waals surface area contributed by atoms with Crippen molar-refractivity contribution in [3.63, 3.8) is 0 Å². The molecule has 4 amide bonds. The third-order valence-electron chi connectivity index (χ3n) is 8.51. The van der Waals surface area contributed by atoms with Gasteiger partial charge in [-0.15, -0.1) is 0 Å². The first-order valence-corrected chi connectivity index (χ1v) is 17.6. The Labute approximate surface area is 272 Å². The Hall–Kier alpha value is -2.91. The van der Waals surface area contributed by atoms with E-state index in [-0.39, 0.29) is 36.1 Å². The van der Waals surface area contributed by atoms with E-state index in [0.29, 0.717) is 12.1 Å². The molecule has 0 bridgehead atoms. The van der Waals surface area contributed by atoms with Crippen LogP contribution in [0, 0.1) is 11.8 Å². The standard InChI is InChI=1S/C35H64N6O4/c1-8-9-10-11-12-13-14-15-16-17-18-19-20-21-31(42)41-32(26(4)5)35(45)40-30(22-29-23-36-24-37-29)34(44)39-28(7)33(43)38-27(6)25(2)3/h23-28,30,32H,8-22H2,1-7H3,(H,36,37)(H,38,43)(H,39,44)(H,40,45)(H,41,42)/t27-,28+,30+,32+/m1/s1. The number of H-pyrrole nitrogens is 1. The molecule has 10 heteroatoms. The molecule has 0 saturated heterocycles. The molecular weight excluding hydrogens is 568 g/mol. The summed E-state index contributed by atoms with van der Waals surface area (Å²) in [5.41, 5.74) is 0.661. The largest absolute Gasteiger partial charge is 0.352 e. The van der Waals surface area contributed by atoms with Crippen molar-refractivity contribution in [3.8, 4) is 0 Å². The van der Waals surface area contributed by atoms with E-state index in [1.54, 1.807) is 13.1 Å². The van der Waals surface area contributed by atoms with Crippen molar-refractivity contribution in [3.05, 3.63) is 18.2 Å². The lowest BCUT2D eigenvalue weighted by Gasteiger charge is -2.26. The molecular formula is C35H64N6O4. The molecule has 4 atom stereocenters. The fraction of sp³-hybridized carbons (Fsp3) is 0.800. The molecule has 0 radical (unpaired) electrons. The van der Waals surface area contributed by atoms with E-state index in [1.807, 2.05) is 34.6 Å². The number of imidazole rings is 1. The lowest BCUT2D eigenvalue weighted by Crippen LogP contribution is -2.58. The fourth-order valence-corrected chi connectivity index (χ4v) is 5.07. The minimum Gasteiger partial charge on any atom is -0.352 e. The predicted octanol–water partition coefficient (Wildman–Crippen LogP) is 5.72. The highest BCUT2D eigenvalue weighted by Crippen LogP contribution is 2.13. The van der Waals surface area contributed by atoms with Crippen LogP contribution in [-0.4, -0.2) is 57.8 Å². The highest BCUT2D eigenvalue weighted by atomic mass is 16.2. The fourth-order valence-electron chi connectivity index (χ4n) is 5.07. The molecule has 0 aliphatic heterocycles. The summed E-state index contributed by atoms with van der Waals surface area (Å²) in [7, 11) is 0. The molecule has 10 nitrogen and oxygen atoms in total. The normalized spacial score (nSPS) is 14.1. The second-order valence-corrected chi connectivity index (χ2v) is 13.4. The van der Waals surface area contributed by atoms with Crippen molar-refractivity contribution in [1.29, 1.82) is 0 Å². The second-order valence-electron chi connectivity index (χ2n) is 13.4. The van der Waals surface area contributed by atoms with Gasteiger partial charge in [0.2, 0.25) is 23.6 Å². The topological polar surface area (TPSA) is 145 Å². The highest BCUT2D eigenvalue weighted by molar-refractivity contribution is 5.94. The Morgan fingerprint density at radius 3 is 1.71 bits per heavy atom. The van der Waals surface area contributed by atoms with Gasteiger partial charge in [0.15, 0.2) is 0 Å². The molecule has 0 unspecified atom stereocenters. The summed E-state index contributed by atoms with van der Waals surface area (Å²) in [4.78, 5) is 59.0. The summed E-state index contributed by atoms with van der Waals surface area (Å²) >= 11 is 0. The maximum atomic E-state index is 13.4. The molecule has 1 aromatic heterocycles. The summed E-state index contributed by atoms with van der Waals surface area (Å²) in [6.45, 7) is 13.5. The van der Waals surface area contributed by atoms with Gasteiger partial charge in [0.25, 0.3) is 0 Å². The van der Waals surface area contributed by atoms with E-state index in [1.165, 1.54) is 70.5 Å². The van der Waals surface area contributed by atoms with Gasteiger partial charge >= 0.3 is 0 Å². The smallest absolute Gasteiger partial charge is 0.243 e. The Kier molecular flexibility index (Phi) is 20.9. The van der Waals surface area contributed by atoms with Gasteiger partial charge in [0.05, 0.1) is 6.33 Å². The summed E-state index contributed by atoms with van der Waals surface area (Å²) in [6.07, 6.45) is 19.7. The number of unbranched alkanes of at least 4 members (excludes halogenated alkanes) is 12. The first kappa shape index (κ1) is 40.1. The Bertz CT molecular complexity index is 965. The number of nitrogens with one attached hydrogen (secondary N) is 5. The minimum absolute atomic E-state index is 0.0486. The van der Waals surface area contributed by atoms with Crippen molar-refractivity contribution < 1.29 is 19.2 Å². The second kappa shape index (κ2) is 23.4. The van der Waals surface area contributed by atoms with E-state index in [2.05, 4.69) is 38.2 Å². The van der Waals surface area contributed by atoms with Crippen LogP contribution < -0.4 is 21.3 Å². The highest BCUT2D eigenvalue weighted by Gasteiger charge is 2.30. The predicted molar refractivity (Wildman–Crippen MR) is 181 cm³/mol. The SMILES string of the molecule is CCCCCCCCCCCCCCCC(=O)N[C@H](C(=O)N[C@@H](Cc1cnc[nH]1)C(=O)N[C@@H](C)C(=O)N[C@H](C)C(C)C)C(C)C. The zero-order valence-electron chi connectivity index (χ0n) is 29.3. The average Bonchev–Trinajstić information content (AvgIpc) is 3.50. The van der Waals surface area contributed by atoms with Gasteiger partial charge in [-0.2, -0.15) is 0 Å². The van der Waals surface area contributed by atoms with Crippen LogP contribution in [0.4, 0.5) is 0 Å². The van der Waals surface area contributed by atoms with Crippen molar-refractivity contribution in [2.45, 2.75) is 169 Å². The lowest BCUT2D eigenvalue weighted by atomic mass is 10.0. The first-order valence-electron chi connectivity index (χ1n) is 17.6. The van der Waals surface area contributed by atoms with Crippen LogP contribution >= 0.6 is 0 Å². The quantitative estimate of drug-likeness (QED) is 0.0875. The minimum atomic E-state index is -0.963. The van der Waals surface area contributed by atoms with Gasteiger partial charge in [-0.3, -0.25) is 19.2 Å². The van der Waals surface area contributed by atoms with Crippen LogP contribution in [0.1, 0.15) is 144 Å². The molecule has 0 fully saturated rings. The van der Waals surface area contributed by atoms with E-state index in [9.17, 15) is 19.2 Å². The molecule has 258 valence electrons. The van der Waals surface area contributed by atoms with E-state index >= 15 is 0 Å². The number of carbonyl (C=O) groups excluding carboxylic acids is 4. The molecule has 0 aliphatic carbocycles. The number of rotatable bonds is 25. The maximum Gasteiger partial charge on any atom is 0.243 e. The third kappa shape index (κ3) is 18.0. The van der Waals surface area contributed by atoms with Crippen molar-refractivity contribution in [1.82, 2.24) is 31.2 Å². The Morgan fingerprint density at radius 1 is 0.667 bits per heavy atom. The molecule has 1 aromatic rings. The molecule has 45 heavy (non-hydrogen) atoms. The monoisotopic (exact) mass is 632 g/mol. The maximum absolute atomic E-state index is 13.4. The molecule has 5 N–H and O–H groups in total. The van der Waals surface area contributed by atoms with E-state index < -0.39 is 29.9 Å². The van der Waals surface area contributed by atoms with Crippen LogP contribution in [0.25, 0.3) is 0 Å². The van der Waals surface area contributed by atoms with Crippen molar-refractivity contribution >= 4 is 23.6 Å². The Balaban J connectivity index is 2.54. The zero-order chi connectivity index (χ0) is 33.6.